The number of halogens is 3. The molecule has 1 fully saturated rings. The van der Waals surface area contributed by atoms with Gasteiger partial charge in [-0.05, 0) is 24.8 Å². The molecule has 0 aromatic carbocycles. The second kappa shape index (κ2) is 5.00. The van der Waals surface area contributed by atoms with E-state index < -0.39 is 3.79 Å². The lowest BCUT2D eigenvalue weighted by Crippen LogP contribution is -2.26. The number of carbonyl (C=O) groups is 2. The van der Waals surface area contributed by atoms with Crippen molar-refractivity contribution < 1.29 is 9.59 Å². The zero-order valence-corrected chi connectivity index (χ0v) is 11.8. The zero-order chi connectivity index (χ0) is 12.6. The molecule has 3 nitrogen and oxygen atoms in total. The monoisotopic (exact) mass is 313 g/mol. The largest absolute Gasteiger partial charge is 0.273 e. The average Bonchev–Trinajstić information content (AvgIpc) is 2.49. The Balaban J connectivity index is 2.05. The van der Waals surface area contributed by atoms with Crippen molar-refractivity contribution in [1.29, 1.82) is 0 Å². The van der Waals surface area contributed by atoms with Gasteiger partial charge in [-0.3, -0.25) is 9.59 Å². The van der Waals surface area contributed by atoms with Crippen LogP contribution in [0.4, 0.5) is 0 Å². The molecule has 2 rings (SSSR count). The summed E-state index contributed by atoms with van der Waals surface area (Å²) < 4.78 is -0.304. The number of nitrogens with zero attached hydrogens (tertiary/aromatic N) is 1. The Hall–Kier alpha value is 0.1000. The van der Waals surface area contributed by atoms with E-state index in [4.69, 9.17) is 34.8 Å². The first-order valence-corrected chi connectivity index (χ1v) is 7.20. The van der Waals surface area contributed by atoms with Gasteiger partial charge >= 0.3 is 0 Å². The van der Waals surface area contributed by atoms with Crippen LogP contribution in [0.3, 0.4) is 0 Å². The van der Waals surface area contributed by atoms with Crippen LogP contribution in [0.2, 0.25) is 0 Å². The van der Waals surface area contributed by atoms with Crippen molar-refractivity contribution in [2.75, 3.05) is 5.75 Å². The maximum absolute atomic E-state index is 12.0. The van der Waals surface area contributed by atoms with Crippen LogP contribution in [-0.2, 0) is 9.59 Å². The van der Waals surface area contributed by atoms with E-state index in [0.717, 1.165) is 16.3 Å². The molecule has 2 amide bonds. The third kappa shape index (κ3) is 2.92. The van der Waals surface area contributed by atoms with Gasteiger partial charge in [-0.25, -0.2) is 4.31 Å². The fraction of sp³-hybridized carbons (Fsp3) is 0.600. The number of allylic oxidation sites excluding steroid dienone is 2. The Morgan fingerprint density at radius 2 is 1.65 bits per heavy atom. The standard InChI is InChI=1S/C10H10Cl3NO2S/c11-10(12,13)5-17-14-8(15)6-3-1-2-4-7(6)9(14)16/h1-2,6-7H,3-5H2. The molecule has 0 N–H and O–H groups in total. The number of hydrogen-bond acceptors (Lipinski definition) is 3. The molecule has 94 valence electrons. The lowest BCUT2D eigenvalue weighted by atomic mass is 9.85. The summed E-state index contributed by atoms with van der Waals surface area (Å²) in [7, 11) is 0. The lowest BCUT2D eigenvalue weighted by Gasteiger charge is -2.16. The number of alkyl halides is 3. The van der Waals surface area contributed by atoms with Crippen molar-refractivity contribution in [3.63, 3.8) is 0 Å². The predicted octanol–water partition coefficient (Wildman–Crippen LogP) is 2.96. The third-order valence-corrected chi connectivity index (χ3v) is 4.88. The number of amides is 2. The van der Waals surface area contributed by atoms with E-state index in [1.807, 2.05) is 12.2 Å². The van der Waals surface area contributed by atoms with Gasteiger partial charge in [-0.1, -0.05) is 47.0 Å². The van der Waals surface area contributed by atoms with Crippen LogP contribution in [0.15, 0.2) is 12.2 Å². The van der Waals surface area contributed by atoms with Crippen LogP contribution in [0.5, 0.6) is 0 Å². The molecular weight excluding hydrogens is 305 g/mol. The number of rotatable bonds is 2. The Morgan fingerprint density at radius 3 is 2.06 bits per heavy atom. The first kappa shape index (κ1) is 13.5. The molecule has 0 bridgehead atoms. The minimum Gasteiger partial charge on any atom is -0.273 e. The van der Waals surface area contributed by atoms with Gasteiger partial charge in [0.15, 0.2) is 0 Å². The van der Waals surface area contributed by atoms with Gasteiger partial charge < -0.3 is 0 Å². The van der Waals surface area contributed by atoms with E-state index in [2.05, 4.69) is 0 Å². The minimum absolute atomic E-state index is 0.0853. The van der Waals surface area contributed by atoms with Crippen molar-refractivity contribution in [1.82, 2.24) is 4.31 Å². The fourth-order valence-electron chi connectivity index (χ4n) is 2.03. The molecular formula is C10H10Cl3NO2S. The van der Waals surface area contributed by atoms with Gasteiger partial charge in [0.1, 0.15) is 0 Å². The average molecular weight is 315 g/mol. The van der Waals surface area contributed by atoms with Gasteiger partial charge in [0.2, 0.25) is 15.6 Å². The van der Waals surface area contributed by atoms with Gasteiger partial charge in [0.25, 0.3) is 0 Å². The SMILES string of the molecule is O=C1C2CC=CCC2C(=O)N1SCC(Cl)(Cl)Cl. The molecule has 0 aromatic rings. The van der Waals surface area contributed by atoms with Crippen LogP contribution in [0, 0.1) is 11.8 Å². The highest BCUT2D eigenvalue weighted by atomic mass is 35.6. The Labute approximate surface area is 119 Å². The molecule has 17 heavy (non-hydrogen) atoms. The quantitative estimate of drug-likeness (QED) is 0.340. The molecule has 0 spiro atoms. The summed E-state index contributed by atoms with van der Waals surface area (Å²) in [5, 5.41) is 0. The van der Waals surface area contributed by atoms with Crippen LogP contribution in [0.1, 0.15) is 12.8 Å². The van der Waals surface area contributed by atoms with E-state index in [1.54, 1.807) is 0 Å². The smallest absolute Gasteiger partial charge is 0.243 e. The van der Waals surface area contributed by atoms with Crippen LogP contribution in [-0.4, -0.2) is 25.7 Å². The summed E-state index contributed by atoms with van der Waals surface area (Å²) in [6, 6.07) is 0. The highest BCUT2D eigenvalue weighted by Crippen LogP contribution is 2.40. The van der Waals surface area contributed by atoms with Gasteiger partial charge in [-0.15, -0.1) is 0 Å². The molecule has 1 aliphatic heterocycles. The topological polar surface area (TPSA) is 37.4 Å². The Kier molecular flexibility index (Phi) is 3.98. The second-order valence-electron chi connectivity index (χ2n) is 4.02. The molecule has 0 radical (unpaired) electrons. The molecule has 0 saturated carbocycles. The highest BCUT2D eigenvalue weighted by Gasteiger charge is 2.48. The second-order valence-corrected chi connectivity index (χ2v) is 7.44. The summed E-state index contributed by atoms with van der Waals surface area (Å²) in [5.41, 5.74) is 0. The molecule has 2 aliphatic rings. The van der Waals surface area contributed by atoms with E-state index in [-0.39, 0.29) is 29.4 Å². The third-order valence-electron chi connectivity index (χ3n) is 2.82. The summed E-state index contributed by atoms with van der Waals surface area (Å²) in [5.74, 6) is -0.694. The minimum atomic E-state index is -1.46. The van der Waals surface area contributed by atoms with E-state index in [0.29, 0.717) is 12.8 Å². The zero-order valence-electron chi connectivity index (χ0n) is 8.74. The predicted molar refractivity (Wildman–Crippen MR) is 70.0 cm³/mol. The van der Waals surface area contributed by atoms with E-state index in [1.165, 1.54) is 0 Å². The van der Waals surface area contributed by atoms with Crippen LogP contribution in [0.25, 0.3) is 0 Å². The first-order chi connectivity index (χ1) is 7.90. The number of carbonyl (C=O) groups excluding carboxylic acids is 2. The molecule has 2 atom stereocenters. The maximum Gasteiger partial charge on any atom is 0.243 e. The summed E-state index contributed by atoms with van der Waals surface area (Å²) in [6.07, 6.45) is 5.13. The maximum atomic E-state index is 12.0. The van der Waals surface area contributed by atoms with Gasteiger partial charge in [0.05, 0.1) is 17.6 Å². The molecule has 0 aromatic heterocycles. The number of fused-ring (bicyclic) bond motifs is 1. The van der Waals surface area contributed by atoms with Crippen molar-refractivity contribution in [3.8, 4) is 0 Å². The molecule has 1 aliphatic carbocycles. The highest BCUT2D eigenvalue weighted by molar-refractivity contribution is 7.98. The fourth-order valence-corrected chi connectivity index (χ4v) is 3.27. The number of imide groups is 1. The molecule has 2 unspecified atom stereocenters. The molecule has 1 saturated heterocycles. The Bertz CT molecular complexity index is 354. The van der Waals surface area contributed by atoms with Crippen molar-refractivity contribution in [2.45, 2.75) is 16.6 Å². The van der Waals surface area contributed by atoms with Crippen molar-refractivity contribution in [2.24, 2.45) is 11.8 Å². The summed E-state index contributed by atoms with van der Waals surface area (Å²) >= 11 is 17.8. The summed E-state index contributed by atoms with van der Waals surface area (Å²) in [6.45, 7) is 0. The Morgan fingerprint density at radius 1 is 1.18 bits per heavy atom. The summed E-state index contributed by atoms with van der Waals surface area (Å²) in [4.78, 5) is 24.0. The lowest BCUT2D eigenvalue weighted by molar-refractivity contribution is -0.133. The van der Waals surface area contributed by atoms with E-state index in [9.17, 15) is 9.59 Å². The van der Waals surface area contributed by atoms with E-state index >= 15 is 0 Å². The number of hydrogen-bond donors (Lipinski definition) is 0. The van der Waals surface area contributed by atoms with Crippen molar-refractivity contribution in [3.05, 3.63) is 12.2 Å². The van der Waals surface area contributed by atoms with Gasteiger partial charge in [-0.2, -0.15) is 0 Å². The van der Waals surface area contributed by atoms with Gasteiger partial charge in [0, 0.05) is 0 Å². The normalized spacial score (nSPS) is 28.8. The van der Waals surface area contributed by atoms with Crippen LogP contribution < -0.4 is 0 Å². The molecule has 1 heterocycles. The first-order valence-electron chi connectivity index (χ1n) is 5.12. The molecule has 7 heteroatoms. The van der Waals surface area contributed by atoms with Crippen molar-refractivity contribution >= 4 is 58.6 Å². The van der Waals surface area contributed by atoms with Crippen LogP contribution >= 0.6 is 46.8 Å².